The SMILES string of the molecule is COc1ccc(Cl)cc1NC(=O)/C(C#N)=C\N(CCN(C)C)C1CCS(=O)(=O)C1. The second kappa shape index (κ2) is 9.96. The molecule has 1 unspecified atom stereocenters. The first-order valence-electron chi connectivity index (χ1n) is 9.03. The number of likely N-dealkylation sites (N-methyl/N-ethyl adjacent to an activating group) is 1. The molecule has 2 rings (SSSR count). The number of benzene rings is 1. The summed E-state index contributed by atoms with van der Waals surface area (Å²) in [6, 6.07) is 6.41. The van der Waals surface area contributed by atoms with Crippen LogP contribution in [-0.2, 0) is 14.6 Å². The van der Waals surface area contributed by atoms with Gasteiger partial charge < -0.3 is 19.9 Å². The van der Waals surface area contributed by atoms with Gasteiger partial charge in [0.15, 0.2) is 9.84 Å². The van der Waals surface area contributed by atoms with Gasteiger partial charge in [-0.05, 0) is 38.7 Å². The predicted molar refractivity (Wildman–Crippen MR) is 113 cm³/mol. The molecule has 1 amide bonds. The van der Waals surface area contributed by atoms with E-state index < -0.39 is 15.7 Å². The molecule has 1 fully saturated rings. The van der Waals surface area contributed by atoms with Gasteiger partial charge in [-0.25, -0.2) is 8.42 Å². The lowest BCUT2D eigenvalue weighted by Gasteiger charge is -2.28. The van der Waals surface area contributed by atoms with Crippen LogP contribution in [-0.4, -0.2) is 76.0 Å². The highest BCUT2D eigenvalue weighted by atomic mass is 35.5. The quantitative estimate of drug-likeness (QED) is 0.485. The molecular formula is C19H25ClN4O4S. The molecule has 0 aliphatic carbocycles. The maximum atomic E-state index is 12.7. The van der Waals surface area contributed by atoms with Crippen molar-refractivity contribution in [1.29, 1.82) is 5.26 Å². The fourth-order valence-electron chi connectivity index (χ4n) is 2.98. The third-order valence-corrected chi connectivity index (χ3v) is 6.54. The van der Waals surface area contributed by atoms with E-state index in [9.17, 15) is 18.5 Å². The summed E-state index contributed by atoms with van der Waals surface area (Å²) >= 11 is 5.98. The van der Waals surface area contributed by atoms with Gasteiger partial charge in [-0.2, -0.15) is 5.26 Å². The van der Waals surface area contributed by atoms with Crippen LogP contribution in [0.4, 0.5) is 5.69 Å². The maximum absolute atomic E-state index is 12.7. The number of carbonyl (C=O) groups excluding carboxylic acids is 1. The molecule has 1 aliphatic heterocycles. The minimum atomic E-state index is -3.10. The molecule has 1 aromatic rings. The van der Waals surface area contributed by atoms with Crippen LogP contribution in [0.3, 0.4) is 0 Å². The average Bonchev–Trinajstić information content (AvgIpc) is 3.01. The van der Waals surface area contributed by atoms with Crippen LogP contribution in [0.15, 0.2) is 30.0 Å². The average molecular weight is 441 g/mol. The Morgan fingerprint density at radius 2 is 2.14 bits per heavy atom. The van der Waals surface area contributed by atoms with Crippen molar-refractivity contribution in [3.8, 4) is 11.8 Å². The van der Waals surface area contributed by atoms with Crippen molar-refractivity contribution in [2.75, 3.05) is 51.1 Å². The molecule has 1 saturated heterocycles. The molecule has 29 heavy (non-hydrogen) atoms. The van der Waals surface area contributed by atoms with Crippen molar-refractivity contribution in [3.05, 3.63) is 35.0 Å². The highest BCUT2D eigenvalue weighted by Gasteiger charge is 2.31. The van der Waals surface area contributed by atoms with Crippen molar-refractivity contribution >= 4 is 33.0 Å². The molecule has 1 aliphatic rings. The summed E-state index contributed by atoms with van der Waals surface area (Å²) in [5.74, 6) is -0.0906. The number of rotatable bonds is 8. The number of ether oxygens (including phenoxy) is 1. The summed E-state index contributed by atoms with van der Waals surface area (Å²) in [5, 5.41) is 12.6. The topological polar surface area (TPSA) is 103 Å². The second-order valence-corrected chi connectivity index (χ2v) is 9.72. The van der Waals surface area contributed by atoms with Crippen LogP contribution in [0.1, 0.15) is 6.42 Å². The van der Waals surface area contributed by atoms with Crippen LogP contribution in [0.2, 0.25) is 5.02 Å². The minimum Gasteiger partial charge on any atom is -0.495 e. The van der Waals surface area contributed by atoms with Crippen molar-refractivity contribution in [1.82, 2.24) is 9.80 Å². The molecule has 1 N–H and O–H groups in total. The number of hydrogen-bond acceptors (Lipinski definition) is 7. The zero-order chi connectivity index (χ0) is 21.6. The maximum Gasteiger partial charge on any atom is 0.267 e. The predicted octanol–water partition coefficient (Wildman–Crippen LogP) is 1.75. The van der Waals surface area contributed by atoms with Gasteiger partial charge in [0.25, 0.3) is 5.91 Å². The lowest BCUT2D eigenvalue weighted by atomic mass is 10.2. The molecule has 10 heteroatoms. The molecule has 8 nitrogen and oxygen atoms in total. The summed E-state index contributed by atoms with van der Waals surface area (Å²) in [5.41, 5.74) is 0.213. The van der Waals surface area contributed by atoms with Gasteiger partial charge in [0.05, 0.1) is 24.3 Å². The number of nitrogens with one attached hydrogen (secondary N) is 1. The van der Waals surface area contributed by atoms with Crippen LogP contribution in [0.25, 0.3) is 0 Å². The molecule has 1 atom stereocenters. The third-order valence-electron chi connectivity index (χ3n) is 4.55. The lowest BCUT2D eigenvalue weighted by molar-refractivity contribution is -0.112. The number of carbonyl (C=O) groups is 1. The van der Waals surface area contributed by atoms with Gasteiger partial charge in [-0.1, -0.05) is 11.6 Å². The number of sulfone groups is 1. The summed E-state index contributed by atoms with van der Waals surface area (Å²) in [6.45, 7) is 1.14. The third kappa shape index (κ3) is 6.63. The monoisotopic (exact) mass is 440 g/mol. The van der Waals surface area contributed by atoms with Crippen molar-refractivity contribution in [2.45, 2.75) is 12.5 Å². The van der Waals surface area contributed by atoms with E-state index in [1.54, 1.807) is 17.0 Å². The highest BCUT2D eigenvalue weighted by molar-refractivity contribution is 7.91. The molecule has 0 radical (unpaired) electrons. The number of halogens is 1. The standard InChI is InChI=1S/C19H25ClN4O4S/c1-23(2)7-8-24(16-6-9-29(26,27)13-16)12-14(11-21)19(25)22-17-10-15(20)4-5-18(17)28-3/h4-5,10,12,16H,6-9,13H2,1-3H3,(H,22,25)/b14-12-. The largest absolute Gasteiger partial charge is 0.495 e. The molecule has 1 aromatic carbocycles. The Kier molecular flexibility index (Phi) is 7.90. The number of amides is 1. The summed E-state index contributed by atoms with van der Waals surface area (Å²) in [4.78, 5) is 16.4. The fraction of sp³-hybridized carbons (Fsp3) is 0.474. The van der Waals surface area contributed by atoms with E-state index in [0.717, 1.165) is 0 Å². The van der Waals surface area contributed by atoms with Crippen molar-refractivity contribution in [3.63, 3.8) is 0 Å². The number of hydrogen-bond donors (Lipinski definition) is 1. The van der Waals surface area contributed by atoms with E-state index in [4.69, 9.17) is 16.3 Å². The van der Waals surface area contributed by atoms with Crippen LogP contribution in [0, 0.1) is 11.3 Å². The van der Waals surface area contributed by atoms with Gasteiger partial charge in [-0.3, -0.25) is 4.79 Å². The first-order chi connectivity index (χ1) is 13.6. The van der Waals surface area contributed by atoms with Crippen LogP contribution >= 0.6 is 11.6 Å². The summed E-state index contributed by atoms with van der Waals surface area (Å²) < 4.78 is 29.0. The van der Waals surface area contributed by atoms with Crippen molar-refractivity contribution in [2.24, 2.45) is 0 Å². The highest BCUT2D eigenvalue weighted by Crippen LogP contribution is 2.28. The number of anilines is 1. The van der Waals surface area contributed by atoms with Crippen LogP contribution in [0.5, 0.6) is 5.75 Å². The van der Waals surface area contributed by atoms with Gasteiger partial charge in [0, 0.05) is 30.4 Å². The Morgan fingerprint density at radius 1 is 1.41 bits per heavy atom. The molecule has 158 valence electrons. The van der Waals surface area contributed by atoms with Crippen molar-refractivity contribution < 1.29 is 17.9 Å². The zero-order valence-electron chi connectivity index (χ0n) is 16.7. The number of methoxy groups -OCH3 is 1. The van der Waals surface area contributed by atoms with E-state index >= 15 is 0 Å². The molecular weight excluding hydrogens is 416 g/mol. The normalized spacial score (nSPS) is 18.3. The summed E-state index contributed by atoms with van der Waals surface area (Å²) in [7, 11) is 2.16. The molecule has 1 heterocycles. The Balaban J connectivity index is 2.26. The van der Waals surface area contributed by atoms with E-state index in [1.807, 2.05) is 25.1 Å². The molecule has 0 saturated carbocycles. The fourth-order valence-corrected chi connectivity index (χ4v) is 4.89. The van der Waals surface area contributed by atoms with Crippen LogP contribution < -0.4 is 10.1 Å². The van der Waals surface area contributed by atoms with E-state index in [-0.39, 0.29) is 23.1 Å². The number of nitrogens with zero attached hydrogens (tertiary/aromatic N) is 3. The Hall–Kier alpha value is -2.28. The Bertz CT molecular complexity index is 925. The lowest BCUT2D eigenvalue weighted by Crippen LogP contribution is -2.37. The Morgan fingerprint density at radius 3 is 2.69 bits per heavy atom. The van der Waals surface area contributed by atoms with E-state index in [2.05, 4.69) is 5.32 Å². The van der Waals surface area contributed by atoms with Gasteiger partial charge in [0.2, 0.25) is 0 Å². The zero-order valence-corrected chi connectivity index (χ0v) is 18.3. The van der Waals surface area contributed by atoms with E-state index in [0.29, 0.717) is 36.0 Å². The summed E-state index contributed by atoms with van der Waals surface area (Å²) in [6.07, 6.45) is 1.91. The molecule has 0 spiro atoms. The van der Waals surface area contributed by atoms with E-state index in [1.165, 1.54) is 19.4 Å². The van der Waals surface area contributed by atoms with Gasteiger partial charge >= 0.3 is 0 Å². The van der Waals surface area contributed by atoms with Gasteiger partial charge in [0.1, 0.15) is 17.4 Å². The first kappa shape index (κ1) is 23.0. The first-order valence-corrected chi connectivity index (χ1v) is 11.2. The second-order valence-electron chi connectivity index (χ2n) is 7.05. The molecule has 0 aromatic heterocycles. The number of nitriles is 1. The Labute approximate surface area is 176 Å². The minimum absolute atomic E-state index is 0.0133. The smallest absolute Gasteiger partial charge is 0.267 e. The molecule has 0 bridgehead atoms. The van der Waals surface area contributed by atoms with Gasteiger partial charge in [-0.15, -0.1) is 0 Å².